The van der Waals surface area contributed by atoms with E-state index in [2.05, 4.69) is 21.2 Å². The molecule has 1 fully saturated rings. The Balaban J connectivity index is 2.29. The van der Waals surface area contributed by atoms with Crippen molar-refractivity contribution in [2.24, 2.45) is 0 Å². The Morgan fingerprint density at radius 1 is 1.56 bits per heavy atom. The van der Waals surface area contributed by atoms with Crippen molar-refractivity contribution >= 4 is 15.9 Å². The number of hydrogen-bond donors (Lipinski definition) is 1. The Hall–Kier alpha value is -0.650. The number of methoxy groups -OCH3 is 1. The Morgan fingerprint density at radius 3 is 3.00 bits per heavy atom. The minimum Gasteiger partial charge on any atom is -0.494 e. The second-order valence-electron chi connectivity index (χ2n) is 3.58. The third-order valence-electron chi connectivity index (χ3n) is 2.54. The molecule has 0 amide bonds. The molecule has 0 aromatic heterocycles. The Labute approximate surface area is 102 Å². The summed E-state index contributed by atoms with van der Waals surface area (Å²) >= 11 is 3.17. The average molecular weight is 290 g/mol. The highest BCUT2D eigenvalue weighted by atomic mass is 79.9. The molecule has 1 aliphatic heterocycles. The predicted octanol–water partition coefficient (Wildman–Crippen LogP) is 2.26. The first-order valence-electron chi connectivity index (χ1n) is 5.07. The SMILES string of the molecule is COc1cc(C2CNCCO2)cc(Br)c1F. The molecule has 5 heteroatoms. The van der Waals surface area contributed by atoms with Gasteiger partial charge in [0.25, 0.3) is 0 Å². The van der Waals surface area contributed by atoms with Crippen molar-refractivity contribution in [3.05, 3.63) is 28.0 Å². The molecular formula is C11H13BrFNO2. The number of rotatable bonds is 2. The Morgan fingerprint density at radius 2 is 2.38 bits per heavy atom. The lowest BCUT2D eigenvalue weighted by molar-refractivity contribution is 0.0275. The van der Waals surface area contributed by atoms with E-state index >= 15 is 0 Å². The van der Waals surface area contributed by atoms with Crippen LogP contribution in [0.25, 0.3) is 0 Å². The first-order valence-corrected chi connectivity index (χ1v) is 5.87. The molecule has 1 saturated heterocycles. The van der Waals surface area contributed by atoms with Crippen LogP contribution in [-0.2, 0) is 4.74 Å². The number of nitrogens with one attached hydrogen (secondary N) is 1. The molecule has 88 valence electrons. The van der Waals surface area contributed by atoms with Crippen molar-refractivity contribution in [3.8, 4) is 5.75 Å². The predicted molar refractivity (Wildman–Crippen MR) is 62.2 cm³/mol. The molecule has 3 nitrogen and oxygen atoms in total. The fourth-order valence-corrected chi connectivity index (χ4v) is 2.16. The molecule has 0 bridgehead atoms. The van der Waals surface area contributed by atoms with E-state index in [1.54, 1.807) is 12.1 Å². The molecule has 16 heavy (non-hydrogen) atoms. The molecule has 1 aromatic rings. The highest BCUT2D eigenvalue weighted by molar-refractivity contribution is 9.10. The van der Waals surface area contributed by atoms with E-state index in [-0.39, 0.29) is 17.7 Å². The molecule has 0 radical (unpaired) electrons. The number of morpholine rings is 1. The zero-order chi connectivity index (χ0) is 11.5. The smallest absolute Gasteiger partial charge is 0.179 e. The number of benzene rings is 1. The lowest BCUT2D eigenvalue weighted by atomic mass is 10.1. The summed E-state index contributed by atoms with van der Waals surface area (Å²) in [6.07, 6.45) is -0.0421. The third-order valence-corrected chi connectivity index (χ3v) is 3.11. The topological polar surface area (TPSA) is 30.5 Å². The quantitative estimate of drug-likeness (QED) is 0.906. The number of hydrogen-bond acceptors (Lipinski definition) is 3. The molecule has 0 aliphatic carbocycles. The van der Waals surface area contributed by atoms with Crippen LogP contribution in [0.2, 0.25) is 0 Å². The summed E-state index contributed by atoms with van der Waals surface area (Å²) in [5, 5.41) is 3.23. The van der Waals surface area contributed by atoms with E-state index in [1.165, 1.54) is 7.11 Å². The van der Waals surface area contributed by atoms with Crippen LogP contribution in [0.3, 0.4) is 0 Å². The van der Waals surface area contributed by atoms with Gasteiger partial charge in [-0.05, 0) is 33.6 Å². The van der Waals surface area contributed by atoms with Crippen LogP contribution in [-0.4, -0.2) is 26.8 Å². The van der Waals surface area contributed by atoms with Gasteiger partial charge in [0.15, 0.2) is 11.6 Å². The highest BCUT2D eigenvalue weighted by Crippen LogP contribution is 2.31. The van der Waals surface area contributed by atoms with Crippen molar-refractivity contribution in [3.63, 3.8) is 0 Å². The lowest BCUT2D eigenvalue weighted by Gasteiger charge is -2.24. The maximum absolute atomic E-state index is 13.5. The standard InChI is InChI=1S/C11H13BrFNO2/c1-15-9-5-7(4-8(12)11(9)13)10-6-14-2-3-16-10/h4-5,10,14H,2-3,6H2,1H3. The van der Waals surface area contributed by atoms with Crippen LogP contribution in [0.5, 0.6) is 5.75 Å². The largest absolute Gasteiger partial charge is 0.494 e. The van der Waals surface area contributed by atoms with Crippen LogP contribution in [0.4, 0.5) is 4.39 Å². The zero-order valence-electron chi connectivity index (χ0n) is 8.93. The first-order chi connectivity index (χ1) is 7.72. The van der Waals surface area contributed by atoms with Gasteiger partial charge < -0.3 is 14.8 Å². The lowest BCUT2D eigenvalue weighted by Crippen LogP contribution is -2.33. The summed E-state index contributed by atoms with van der Waals surface area (Å²) in [5.41, 5.74) is 0.914. The van der Waals surface area contributed by atoms with Gasteiger partial charge in [-0.3, -0.25) is 0 Å². The van der Waals surface area contributed by atoms with E-state index in [0.29, 0.717) is 11.1 Å². The third kappa shape index (κ3) is 2.36. The molecule has 1 heterocycles. The molecule has 0 saturated carbocycles. The molecule has 2 rings (SSSR count). The molecule has 1 unspecified atom stereocenters. The van der Waals surface area contributed by atoms with Crippen LogP contribution in [0, 0.1) is 5.82 Å². The average Bonchev–Trinajstić information content (AvgIpc) is 2.33. The minimum atomic E-state index is -0.380. The normalized spacial score (nSPS) is 20.8. The first kappa shape index (κ1) is 11.8. The molecule has 1 aromatic carbocycles. The minimum absolute atomic E-state index is 0.0421. The molecule has 1 atom stereocenters. The second-order valence-corrected chi connectivity index (χ2v) is 4.44. The summed E-state index contributed by atoms with van der Waals surface area (Å²) in [6.45, 7) is 2.26. The van der Waals surface area contributed by atoms with E-state index in [9.17, 15) is 4.39 Å². The van der Waals surface area contributed by atoms with Crippen LogP contribution in [0.15, 0.2) is 16.6 Å². The summed E-state index contributed by atoms with van der Waals surface area (Å²) < 4.78 is 24.5. The summed E-state index contributed by atoms with van der Waals surface area (Å²) in [5.74, 6) is -0.145. The van der Waals surface area contributed by atoms with Gasteiger partial charge in [-0.25, -0.2) is 4.39 Å². The zero-order valence-corrected chi connectivity index (χ0v) is 10.5. The van der Waals surface area contributed by atoms with Crippen LogP contribution < -0.4 is 10.1 Å². The highest BCUT2D eigenvalue weighted by Gasteiger charge is 2.19. The van der Waals surface area contributed by atoms with Crippen molar-refractivity contribution in [2.75, 3.05) is 26.8 Å². The van der Waals surface area contributed by atoms with Gasteiger partial charge in [-0.2, -0.15) is 0 Å². The van der Waals surface area contributed by atoms with Crippen molar-refractivity contribution in [1.82, 2.24) is 5.32 Å². The molecule has 1 aliphatic rings. The van der Waals surface area contributed by atoms with Crippen LogP contribution in [0.1, 0.15) is 11.7 Å². The van der Waals surface area contributed by atoms with E-state index in [4.69, 9.17) is 9.47 Å². The Kier molecular flexibility index (Phi) is 3.78. The Bertz CT molecular complexity index is 380. The summed E-state index contributed by atoms with van der Waals surface area (Å²) in [6, 6.07) is 3.41. The maximum atomic E-state index is 13.5. The van der Waals surface area contributed by atoms with Gasteiger partial charge in [0, 0.05) is 13.1 Å². The maximum Gasteiger partial charge on any atom is 0.179 e. The van der Waals surface area contributed by atoms with E-state index < -0.39 is 0 Å². The van der Waals surface area contributed by atoms with E-state index in [0.717, 1.165) is 18.7 Å². The van der Waals surface area contributed by atoms with Gasteiger partial charge in [0.2, 0.25) is 0 Å². The van der Waals surface area contributed by atoms with Gasteiger partial charge in [-0.15, -0.1) is 0 Å². The number of halogens is 2. The van der Waals surface area contributed by atoms with Crippen LogP contribution >= 0.6 is 15.9 Å². The van der Waals surface area contributed by atoms with Crippen molar-refractivity contribution in [2.45, 2.75) is 6.10 Å². The van der Waals surface area contributed by atoms with Gasteiger partial charge in [-0.1, -0.05) is 0 Å². The fourth-order valence-electron chi connectivity index (χ4n) is 1.70. The second kappa shape index (κ2) is 5.12. The summed E-state index contributed by atoms with van der Waals surface area (Å²) in [4.78, 5) is 0. The molecule has 1 N–H and O–H groups in total. The van der Waals surface area contributed by atoms with E-state index in [1.807, 2.05) is 0 Å². The number of ether oxygens (including phenoxy) is 2. The van der Waals surface area contributed by atoms with Gasteiger partial charge in [0.1, 0.15) is 0 Å². The van der Waals surface area contributed by atoms with Crippen molar-refractivity contribution < 1.29 is 13.9 Å². The van der Waals surface area contributed by atoms with Gasteiger partial charge >= 0.3 is 0 Å². The molecule has 0 spiro atoms. The monoisotopic (exact) mass is 289 g/mol. The van der Waals surface area contributed by atoms with Gasteiger partial charge in [0.05, 0.1) is 24.3 Å². The summed E-state index contributed by atoms with van der Waals surface area (Å²) in [7, 11) is 1.45. The molecular weight excluding hydrogens is 277 g/mol. The fraction of sp³-hybridized carbons (Fsp3) is 0.455. The van der Waals surface area contributed by atoms with Crippen molar-refractivity contribution in [1.29, 1.82) is 0 Å².